The average molecular weight is 217 g/mol. The summed E-state index contributed by atoms with van der Waals surface area (Å²) in [5.41, 5.74) is 0. The summed E-state index contributed by atoms with van der Waals surface area (Å²) in [6, 6.07) is 0. The first kappa shape index (κ1) is 23.0. The smallest absolute Gasteiger partial charge is 2.00 e. The molecule has 0 fully saturated rings. The minimum absolute atomic E-state index is 0. The van der Waals surface area contributed by atoms with Gasteiger partial charge in [-0.1, -0.05) is 0 Å². The van der Waals surface area contributed by atoms with Gasteiger partial charge in [0.1, 0.15) is 0 Å². The fourth-order valence-electron chi connectivity index (χ4n) is 0. The van der Waals surface area contributed by atoms with E-state index in [1.54, 1.807) is 0 Å². The molecule has 0 aliphatic carbocycles. The van der Waals surface area contributed by atoms with Gasteiger partial charge in [-0.05, 0) is 0 Å². The normalized spacial score (nSPS) is 7.25. The minimum Gasteiger partial charge on any atom is -2.00 e. The molecule has 8 heteroatoms. The molecule has 0 saturated heterocycles. The fraction of sp³-hybridized carbons (Fsp3) is 0. The van der Waals surface area contributed by atoms with E-state index in [2.05, 4.69) is 0 Å². The summed E-state index contributed by atoms with van der Waals surface area (Å²) >= 11 is 0. The molecule has 0 aliphatic rings. The van der Waals surface area contributed by atoms with Gasteiger partial charge in [0.15, 0.2) is 0 Å². The van der Waals surface area contributed by atoms with Crippen LogP contribution in [0.2, 0.25) is 0 Å². The Bertz CT molecular complexity index is 95.6. The average Bonchev–Trinajstić information content (AvgIpc) is 0.722. The van der Waals surface area contributed by atoms with E-state index in [4.69, 9.17) is 17.5 Å². The third kappa shape index (κ3) is 230. The van der Waals surface area contributed by atoms with Crippen LogP contribution < -0.4 is 0 Å². The van der Waals surface area contributed by atoms with Gasteiger partial charge in [0.2, 0.25) is 10.4 Å². The first-order valence-electron chi connectivity index (χ1n) is 0.683. The maximum Gasteiger partial charge on any atom is 3.00 e. The summed E-state index contributed by atoms with van der Waals surface area (Å²) in [6.45, 7) is 0. The molecule has 49 valence electrons. The summed E-state index contributed by atoms with van der Waals surface area (Å²) in [4.78, 5) is 0. The molecule has 0 heterocycles. The quantitative estimate of drug-likeness (QED) is 0.315. The molecule has 0 aromatic carbocycles. The van der Waals surface area contributed by atoms with Gasteiger partial charge in [-0.15, -0.1) is 0 Å². The second-order valence-electron chi connectivity index (χ2n) is 0.428. The third-order valence-electron chi connectivity index (χ3n) is 0. The third-order valence-corrected chi connectivity index (χ3v) is 0. The zero-order valence-corrected chi connectivity index (χ0v) is 6.82. The van der Waals surface area contributed by atoms with Crippen molar-refractivity contribution in [2.24, 2.45) is 0 Å². The molecular formula is HFeO5STi. The van der Waals surface area contributed by atoms with E-state index in [0.29, 0.717) is 0 Å². The Morgan fingerprint density at radius 1 is 1.38 bits per heavy atom. The van der Waals surface area contributed by atoms with Crippen LogP contribution in [-0.2, 0) is 54.7 Å². The van der Waals surface area contributed by atoms with E-state index >= 15 is 0 Å². The molecule has 0 saturated carbocycles. The topological polar surface area (TPSA) is 106 Å². The Hall–Kier alpha value is 1.06. The molecule has 0 rings (SSSR count). The van der Waals surface area contributed by atoms with E-state index < -0.39 is 10.4 Å². The van der Waals surface area contributed by atoms with Crippen LogP contribution in [0, 0.1) is 0 Å². The monoisotopic (exact) mass is 217 g/mol. The van der Waals surface area contributed by atoms with Gasteiger partial charge in [-0.3, -0.25) is 4.55 Å². The molecule has 5 nitrogen and oxygen atoms in total. The second kappa shape index (κ2) is 8.06. The van der Waals surface area contributed by atoms with Gasteiger partial charge in [0, 0.05) is 21.7 Å². The van der Waals surface area contributed by atoms with Crippen molar-refractivity contribution in [1.29, 1.82) is 0 Å². The van der Waals surface area contributed by atoms with Crippen LogP contribution in [-0.4, -0.2) is 17.5 Å². The molecular weight excluding hydrogens is 216 g/mol. The molecule has 0 unspecified atom stereocenters. The molecule has 1 N–H and O–H groups in total. The Balaban J connectivity index is -0.0000000267. The SMILES string of the molecule is O=S(=O)([O-])O.[Fe+3].[O-2].[Ti]. The van der Waals surface area contributed by atoms with Crippen molar-refractivity contribution in [2.75, 3.05) is 0 Å². The van der Waals surface area contributed by atoms with Crippen LogP contribution in [0.15, 0.2) is 0 Å². The Morgan fingerprint density at radius 3 is 1.38 bits per heavy atom. The minimum atomic E-state index is -4.92. The zero-order valence-electron chi connectivity index (χ0n) is 3.34. The Morgan fingerprint density at radius 2 is 1.38 bits per heavy atom. The van der Waals surface area contributed by atoms with Crippen LogP contribution in [0.5, 0.6) is 0 Å². The van der Waals surface area contributed by atoms with Gasteiger partial charge in [-0.25, -0.2) is 8.42 Å². The van der Waals surface area contributed by atoms with Crippen LogP contribution in [0.25, 0.3) is 0 Å². The molecule has 0 aromatic heterocycles. The Kier molecular flexibility index (Phi) is 23.2. The van der Waals surface area contributed by atoms with Gasteiger partial charge >= 0.3 is 17.1 Å². The van der Waals surface area contributed by atoms with Crippen LogP contribution in [0.3, 0.4) is 0 Å². The van der Waals surface area contributed by atoms with Crippen molar-refractivity contribution in [3.63, 3.8) is 0 Å². The standard InChI is InChI=1S/Fe.H2O4S.O.Ti/c;1-5(2,3)4;;/h;(H2,1,2,3,4);;/q+3;;-2;/p-1. The van der Waals surface area contributed by atoms with Gasteiger partial charge in [0.25, 0.3) is 0 Å². The number of rotatable bonds is 0. The van der Waals surface area contributed by atoms with Crippen molar-refractivity contribution < 1.29 is 61.8 Å². The number of hydrogen-bond donors (Lipinski definition) is 1. The van der Waals surface area contributed by atoms with Crippen LogP contribution in [0.4, 0.5) is 0 Å². The first-order chi connectivity index (χ1) is 2.00. The van der Waals surface area contributed by atoms with Crippen molar-refractivity contribution in [1.82, 2.24) is 0 Å². The van der Waals surface area contributed by atoms with Crippen molar-refractivity contribution in [2.45, 2.75) is 0 Å². The van der Waals surface area contributed by atoms with Gasteiger partial charge in [-0.2, -0.15) is 0 Å². The molecule has 0 spiro atoms. The molecule has 0 aromatic rings. The van der Waals surface area contributed by atoms with E-state index in [1.807, 2.05) is 0 Å². The first-order valence-corrected chi connectivity index (χ1v) is 2.05. The fourth-order valence-corrected chi connectivity index (χ4v) is 0. The molecule has 0 amide bonds. The zero-order chi connectivity index (χ0) is 4.50. The largest absolute Gasteiger partial charge is 3.00 e. The van der Waals surface area contributed by atoms with Crippen molar-refractivity contribution in [3.8, 4) is 0 Å². The summed E-state index contributed by atoms with van der Waals surface area (Å²) in [5, 5.41) is 0. The number of hydrogen-bond acceptors (Lipinski definition) is 3. The summed E-state index contributed by atoms with van der Waals surface area (Å²) in [6.07, 6.45) is 0. The summed E-state index contributed by atoms with van der Waals surface area (Å²) < 4.78 is 32.8. The molecule has 0 aliphatic heterocycles. The predicted molar refractivity (Wildman–Crippen MR) is 13.0 cm³/mol. The summed E-state index contributed by atoms with van der Waals surface area (Å²) in [5.74, 6) is 0. The van der Waals surface area contributed by atoms with E-state index in [1.165, 1.54) is 0 Å². The maximum absolute atomic E-state index is 8.63. The van der Waals surface area contributed by atoms with Crippen molar-refractivity contribution >= 4 is 10.4 Å². The second-order valence-corrected chi connectivity index (χ2v) is 1.28. The maximum atomic E-state index is 8.63. The van der Waals surface area contributed by atoms with Crippen LogP contribution in [0.1, 0.15) is 0 Å². The van der Waals surface area contributed by atoms with Gasteiger partial charge in [0.05, 0.1) is 0 Å². The van der Waals surface area contributed by atoms with E-state index in [0.717, 1.165) is 0 Å². The molecule has 1 radical (unpaired) electrons. The molecule has 8 heavy (non-hydrogen) atoms. The van der Waals surface area contributed by atoms with E-state index in [-0.39, 0.29) is 44.3 Å². The van der Waals surface area contributed by atoms with E-state index in [9.17, 15) is 0 Å². The predicted octanol–water partition coefficient (Wildman–Crippen LogP) is -1.12. The molecule has 0 bridgehead atoms. The summed E-state index contributed by atoms with van der Waals surface area (Å²) in [7, 11) is -4.92. The molecule has 0 atom stereocenters. The van der Waals surface area contributed by atoms with Gasteiger partial charge < -0.3 is 10.0 Å². The Labute approximate surface area is 72.1 Å². The van der Waals surface area contributed by atoms with Crippen LogP contribution >= 0.6 is 0 Å². The van der Waals surface area contributed by atoms with Crippen molar-refractivity contribution in [3.05, 3.63) is 0 Å².